The number of nitrogens with zero attached hydrogens (tertiary/aromatic N) is 1. The van der Waals surface area contributed by atoms with Crippen LogP contribution in [0.2, 0.25) is 0 Å². The maximum absolute atomic E-state index is 12.7. The van der Waals surface area contributed by atoms with Crippen LogP contribution in [-0.4, -0.2) is 22.4 Å². The molecule has 2 heterocycles. The number of H-pyrrole nitrogens is 1. The summed E-state index contributed by atoms with van der Waals surface area (Å²) in [7, 11) is 0. The van der Waals surface area contributed by atoms with Gasteiger partial charge in [-0.15, -0.1) is 0 Å². The van der Waals surface area contributed by atoms with E-state index in [0.29, 0.717) is 31.7 Å². The minimum absolute atomic E-state index is 0.0376. The number of aromatic amines is 1. The Hall–Kier alpha value is -4.12. The molecule has 0 aliphatic carbocycles. The van der Waals surface area contributed by atoms with Crippen LogP contribution >= 0.6 is 0 Å². The second-order valence-electron chi connectivity index (χ2n) is 8.39. The standard InChI is InChI=1S/C29H27N3O2/c33-28(16-9-17-29-32-20-27(34-29)22-12-5-2-6-13-22)31-18-24(21-10-3-1-4-11-21)25-19-30-26-15-8-7-14-23(25)26/h1-8,10-15,19-20,24,30H,9,16-18H2,(H,31,33). The number of carbonyl (C=O) groups excluding carboxylic acids is 1. The maximum atomic E-state index is 12.7. The highest BCUT2D eigenvalue weighted by Crippen LogP contribution is 2.30. The van der Waals surface area contributed by atoms with Gasteiger partial charge in [0.2, 0.25) is 5.91 Å². The lowest BCUT2D eigenvalue weighted by Crippen LogP contribution is -2.28. The molecule has 0 aliphatic rings. The van der Waals surface area contributed by atoms with Gasteiger partial charge in [-0.2, -0.15) is 0 Å². The molecule has 0 bridgehead atoms. The van der Waals surface area contributed by atoms with Gasteiger partial charge in [-0.3, -0.25) is 4.79 Å². The van der Waals surface area contributed by atoms with E-state index in [2.05, 4.69) is 45.7 Å². The number of amides is 1. The molecule has 0 aliphatic heterocycles. The number of para-hydroxylation sites is 1. The molecule has 0 saturated carbocycles. The smallest absolute Gasteiger partial charge is 0.220 e. The van der Waals surface area contributed by atoms with E-state index in [0.717, 1.165) is 16.8 Å². The van der Waals surface area contributed by atoms with Crippen LogP contribution in [0.3, 0.4) is 0 Å². The van der Waals surface area contributed by atoms with Gasteiger partial charge < -0.3 is 14.7 Å². The minimum Gasteiger partial charge on any atom is -0.441 e. The van der Waals surface area contributed by atoms with Crippen molar-refractivity contribution in [1.29, 1.82) is 0 Å². The fraction of sp³-hybridized carbons (Fsp3) is 0.172. The molecule has 0 spiro atoms. The van der Waals surface area contributed by atoms with Crippen molar-refractivity contribution in [2.24, 2.45) is 0 Å². The van der Waals surface area contributed by atoms with Crippen molar-refractivity contribution in [2.45, 2.75) is 25.2 Å². The second-order valence-corrected chi connectivity index (χ2v) is 8.39. The van der Waals surface area contributed by atoms with E-state index in [4.69, 9.17) is 4.42 Å². The summed E-state index contributed by atoms with van der Waals surface area (Å²) < 4.78 is 5.85. The van der Waals surface area contributed by atoms with E-state index in [-0.39, 0.29) is 11.8 Å². The van der Waals surface area contributed by atoms with Crippen molar-refractivity contribution in [1.82, 2.24) is 15.3 Å². The normalized spacial score (nSPS) is 12.0. The van der Waals surface area contributed by atoms with Gasteiger partial charge in [0.25, 0.3) is 0 Å². The van der Waals surface area contributed by atoms with E-state index in [9.17, 15) is 4.79 Å². The summed E-state index contributed by atoms with van der Waals surface area (Å²) in [5.41, 5.74) is 4.48. The lowest BCUT2D eigenvalue weighted by Gasteiger charge is -2.18. The molecular weight excluding hydrogens is 422 g/mol. The van der Waals surface area contributed by atoms with Gasteiger partial charge in [0.1, 0.15) is 0 Å². The Balaban J connectivity index is 1.20. The summed E-state index contributed by atoms with van der Waals surface area (Å²) in [4.78, 5) is 20.4. The second kappa shape index (κ2) is 10.2. The number of benzene rings is 3. The zero-order valence-corrected chi connectivity index (χ0v) is 18.9. The monoisotopic (exact) mass is 449 g/mol. The average molecular weight is 450 g/mol. The van der Waals surface area contributed by atoms with Crippen LogP contribution in [0.15, 0.2) is 102 Å². The Bertz CT molecular complexity index is 1360. The minimum atomic E-state index is 0.0376. The van der Waals surface area contributed by atoms with Crippen LogP contribution in [0.1, 0.15) is 35.8 Å². The molecule has 0 saturated heterocycles. The molecule has 5 nitrogen and oxygen atoms in total. The topological polar surface area (TPSA) is 70.9 Å². The number of oxazole rings is 1. The molecule has 2 N–H and O–H groups in total. The summed E-state index contributed by atoms with van der Waals surface area (Å²) >= 11 is 0. The third-order valence-electron chi connectivity index (χ3n) is 6.11. The molecule has 34 heavy (non-hydrogen) atoms. The Kier molecular flexibility index (Phi) is 6.52. The van der Waals surface area contributed by atoms with Crippen molar-refractivity contribution in [3.8, 4) is 11.3 Å². The first-order valence-electron chi connectivity index (χ1n) is 11.7. The summed E-state index contributed by atoms with van der Waals surface area (Å²) in [6, 6.07) is 28.5. The third-order valence-corrected chi connectivity index (χ3v) is 6.11. The molecule has 2 aromatic heterocycles. The zero-order chi connectivity index (χ0) is 23.2. The number of hydrogen-bond acceptors (Lipinski definition) is 3. The molecule has 1 atom stereocenters. The van der Waals surface area contributed by atoms with Crippen LogP contribution in [0.4, 0.5) is 0 Å². The molecule has 5 heteroatoms. The fourth-order valence-corrected chi connectivity index (χ4v) is 4.34. The Morgan fingerprint density at radius 1 is 0.941 bits per heavy atom. The van der Waals surface area contributed by atoms with E-state index >= 15 is 0 Å². The van der Waals surface area contributed by atoms with Crippen molar-refractivity contribution >= 4 is 16.8 Å². The molecule has 3 aromatic carbocycles. The SMILES string of the molecule is O=C(CCCc1ncc(-c2ccccc2)o1)NCC(c1ccccc1)c1c[nH]c2ccccc12. The lowest BCUT2D eigenvalue weighted by atomic mass is 9.91. The van der Waals surface area contributed by atoms with Gasteiger partial charge in [-0.1, -0.05) is 78.9 Å². The first-order chi connectivity index (χ1) is 16.8. The molecule has 0 fully saturated rings. The number of fused-ring (bicyclic) bond motifs is 1. The van der Waals surface area contributed by atoms with Crippen molar-refractivity contribution in [2.75, 3.05) is 6.54 Å². The number of nitrogens with one attached hydrogen (secondary N) is 2. The summed E-state index contributed by atoms with van der Waals surface area (Å²) in [6.45, 7) is 0.544. The van der Waals surface area contributed by atoms with E-state index in [1.807, 2.05) is 60.7 Å². The van der Waals surface area contributed by atoms with Crippen molar-refractivity contribution < 1.29 is 9.21 Å². The molecule has 170 valence electrons. The number of aromatic nitrogens is 2. The quantitative estimate of drug-likeness (QED) is 0.286. The highest BCUT2D eigenvalue weighted by Gasteiger charge is 2.19. The molecule has 1 unspecified atom stereocenters. The average Bonchev–Trinajstić information content (AvgIpc) is 3.53. The lowest BCUT2D eigenvalue weighted by molar-refractivity contribution is -0.121. The highest BCUT2D eigenvalue weighted by molar-refractivity contribution is 5.84. The largest absolute Gasteiger partial charge is 0.441 e. The summed E-state index contributed by atoms with van der Waals surface area (Å²) in [5.74, 6) is 1.52. The highest BCUT2D eigenvalue weighted by atomic mass is 16.4. The number of carbonyl (C=O) groups is 1. The number of hydrogen-bond donors (Lipinski definition) is 2. The van der Waals surface area contributed by atoms with Gasteiger partial charge in [-0.25, -0.2) is 4.98 Å². The molecule has 5 aromatic rings. The van der Waals surface area contributed by atoms with E-state index < -0.39 is 0 Å². The summed E-state index contributed by atoms with van der Waals surface area (Å²) in [5, 5.41) is 4.33. The Morgan fingerprint density at radius 3 is 2.50 bits per heavy atom. The summed E-state index contributed by atoms with van der Waals surface area (Å²) in [6.07, 6.45) is 5.55. The molecule has 0 radical (unpaired) electrons. The molecule has 5 rings (SSSR count). The Labute approximate surface area is 198 Å². The van der Waals surface area contributed by atoms with Crippen LogP contribution in [0.5, 0.6) is 0 Å². The first kappa shape index (κ1) is 21.7. The number of aryl methyl sites for hydroxylation is 1. The number of rotatable bonds is 9. The fourth-order valence-electron chi connectivity index (χ4n) is 4.34. The van der Waals surface area contributed by atoms with Crippen molar-refractivity contribution in [3.05, 3.63) is 114 Å². The third kappa shape index (κ3) is 4.94. The van der Waals surface area contributed by atoms with Gasteiger partial charge in [-0.05, 0) is 23.6 Å². The van der Waals surface area contributed by atoms with Crippen LogP contribution in [0, 0.1) is 0 Å². The van der Waals surface area contributed by atoms with Crippen molar-refractivity contribution in [3.63, 3.8) is 0 Å². The predicted octanol–water partition coefficient (Wildman–Crippen LogP) is 6.09. The zero-order valence-electron chi connectivity index (χ0n) is 18.9. The van der Waals surface area contributed by atoms with E-state index in [1.165, 1.54) is 16.5 Å². The molecular formula is C29H27N3O2. The first-order valence-corrected chi connectivity index (χ1v) is 11.7. The van der Waals surface area contributed by atoms with Gasteiger partial charge >= 0.3 is 0 Å². The predicted molar refractivity (Wildman–Crippen MR) is 134 cm³/mol. The van der Waals surface area contributed by atoms with Crippen LogP contribution < -0.4 is 5.32 Å². The van der Waals surface area contributed by atoms with E-state index in [1.54, 1.807) is 6.20 Å². The van der Waals surface area contributed by atoms with Crippen LogP contribution in [0.25, 0.3) is 22.2 Å². The Morgan fingerprint density at radius 2 is 1.68 bits per heavy atom. The van der Waals surface area contributed by atoms with Gasteiger partial charge in [0.15, 0.2) is 11.7 Å². The van der Waals surface area contributed by atoms with Crippen LogP contribution in [-0.2, 0) is 11.2 Å². The molecule has 1 amide bonds. The van der Waals surface area contributed by atoms with Gasteiger partial charge in [0.05, 0.1) is 6.20 Å². The van der Waals surface area contributed by atoms with Gasteiger partial charge in [0, 0.05) is 48.0 Å². The maximum Gasteiger partial charge on any atom is 0.220 e.